The Morgan fingerprint density at radius 2 is 1.77 bits per heavy atom. The van der Waals surface area contributed by atoms with Gasteiger partial charge < -0.3 is 15.0 Å². The van der Waals surface area contributed by atoms with Crippen LogP contribution in [-0.4, -0.2) is 56.4 Å². The molecule has 0 unspecified atom stereocenters. The molecule has 4 aromatic rings. The summed E-state index contributed by atoms with van der Waals surface area (Å²) in [6.45, 7) is 4.49. The van der Waals surface area contributed by atoms with E-state index in [4.69, 9.17) is 4.74 Å². The van der Waals surface area contributed by atoms with Crippen molar-refractivity contribution in [3.8, 4) is 11.4 Å². The monoisotopic (exact) mass is 597 g/mol. The van der Waals surface area contributed by atoms with Crippen molar-refractivity contribution in [2.75, 3.05) is 41.5 Å². The lowest BCUT2D eigenvalue weighted by Crippen LogP contribution is -2.36. The van der Waals surface area contributed by atoms with Crippen molar-refractivity contribution in [1.82, 2.24) is 25.1 Å². The first-order valence-corrected chi connectivity index (χ1v) is 12.9. The molecule has 0 aliphatic carbocycles. The van der Waals surface area contributed by atoms with Gasteiger partial charge in [0.2, 0.25) is 5.95 Å². The maximum absolute atomic E-state index is 13.6. The number of benzene rings is 2. The van der Waals surface area contributed by atoms with E-state index in [2.05, 4.69) is 58.0 Å². The molecule has 3 heterocycles. The van der Waals surface area contributed by atoms with Gasteiger partial charge in [-0.2, -0.15) is 18.2 Å². The highest BCUT2D eigenvalue weighted by Gasteiger charge is 2.34. The van der Waals surface area contributed by atoms with Gasteiger partial charge in [-0.25, -0.2) is 9.97 Å². The van der Waals surface area contributed by atoms with Gasteiger partial charge in [0.15, 0.2) is 5.82 Å². The number of nitrogens with zero attached hydrogens (tertiary/aromatic N) is 5. The molecule has 0 saturated carbocycles. The summed E-state index contributed by atoms with van der Waals surface area (Å²) >= 11 is 2.15. The average Bonchev–Trinajstić information content (AvgIpc) is 3.29. The number of hydrogen-bond acceptors (Lipinski definition) is 7. The number of aromatic nitrogens is 5. The topological polar surface area (TPSA) is 91.8 Å². The van der Waals surface area contributed by atoms with E-state index in [1.165, 1.54) is 18.2 Å². The SMILES string of the molecule is CI.Cc1nc(Nc2nc(-c3ccccc3C(F)(F)F)nc3ccc(N4CCOCC4)cc23)n[nH]1. The number of anilines is 3. The smallest absolute Gasteiger partial charge is 0.378 e. The quantitative estimate of drug-likeness (QED) is 0.241. The fourth-order valence-electron chi connectivity index (χ4n) is 3.78. The van der Waals surface area contributed by atoms with Crippen LogP contribution in [0, 0.1) is 6.92 Å². The van der Waals surface area contributed by atoms with Crippen LogP contribution in [0.4, 0.5) is 30.6 Å². The van der Waals surface area contributed by atoms with Gasteiger partial charge in [-0.05, 0) is 36.1 Å². The van der Waals surface area contributed by atoms with Gasteiger partial charge in [-0.3, -0.25) is 5.10 Å². The van der Waals surface area contributed by atoms with E-state index in [0.717, 1.165) is 24.8 Å². The normalized spacial score (nSPS) is 13.9. The third-order valence-corrected chi connectivity index (χ3v) is 5.36. The Bertz CT molecular complexity index is 1310. The van der Waals surface area contributed by atoms with Crippen LogP contribution in [0.3, 0.4) is 0 Å². The minimum absolute atomic E-state index is 0.0377. The van der Waals surface area contributed by atoms with E-state index in [1.54, 1.807) is 13.0 Å². The Kier molecular flexibility index (Phi) is 7.69. The molecule has 0 radical (unpaired) electrons. The van der Waals surface area contributed by atoms with Crippen LogP contribution in [-0.2, 0) is 10.9 Å². The molecule has 0 atom stereocenters. The number of fused-ring (bicyclic) bond motifs is 1. The number of aryl methyl sites for hydroxylation is 1. The lowest BCUT2D eigenvalue weighted by Gasteiger charge is -2.29. The van der Waals surface area contributed by atoms with E-state index in [-0.39, 0.29) is 17.3 Å². The van der Waals surface area contributed by atoms with Crippen LogP contribution >= 0.6 is 22.6 Å². The second-order valence-corrected chi connectivity index (χ2v) is 7.61. The van der Waals surface area contributed by atoms with Gasteiger partial charge in [0.05, 0.1) is 24.3 Å². The largest absolute Gasteiger partial charge is 0.417 e. The molecule has 0 bridgehead atoms. The molecular weight excluding hydrogens is 574 g/mol. The van der Waals surface area contributed by atoms with Crippen LogP contribution in [0.2, 0.25) is 0 Å². The van der Waals surface area contributed by atoms with E-state index in [0.29, 0.717) is 35.8 Å². The summed E-state index contributed by atoms with van der Waals surface area (Å²) < 4.78 is 46.4. The van der Waals surface area contributed by atoms with E-state index in [9.17, 15) is 13.2 Å². The van der Waals surface area contributed by atoms with Crippen molar-refractivity contribution in [2.45, 2.75) is 13.1 Å². The number of alkyl halides is 4. The molecular formula is C23H23F3IN7O. The third-order valence-electron chi connectivity index (χ3n) is 5.36. The summed E-state index contributed by atoms with van der Waals surface area (Å²) in [4.78, 5) is 17.3. The van der Waals surface area contributed by atoms with Crippen molar-refractivity contribution in [1.29, 1.82) is 0 Å². The number of nitrogens with one attached hydrogen (secondary N) is 2. The highest BCUT2D eigenvalue weighted by atomic mass is 127. The van der Waals surface area contributed by atoms with Gasteiger partial charge in [-0.1, -0.05) is 40.8 Å². The lowest BCUT2D eigenvalue weighted by atomic mass is 10.1. The second kappa shape index (κ2) is 10.7. The maximum atomic E-state index is 13.6. The summed E-state index contributed by atoms with van der Waals surface area (Å²) in [5.41, 5.74) is 0.558. The summed E-state index contributed by atoms with van der Waals surface area (Å²) in [5, 5.41) is 10.5. The molecule has 1 aliphatic rings. The number of rotatable bonds is 4. The summed E-state index contributed by atoms with van der Waals surface area (Å²) in [6, 6.07) is 10.9. The van der Waals surface area contributed by atoms with Crippen LogP contribution in [0.5, 0.6) is 0 Å². The minimum atomic E-state index is -4.54. The predicted molar refractivity (Wildman–Crippen MR) is 137 cm³/mol. The molecule has 2 aromatic heterocycles. The Hall–Kier alpha value is -3.00. The van der Waals surface area contributed by atoms with Crippen molar-refractivity contribution < 1.29 is 17.9 Å². The second-order valence-electron chi connectivity index (χ2n) is 7.61. The fraction of sp³-hybridized carbons (Fsp3) is 0.304. The van der Waals surface area contributed by atoms with Crippen molar-refractivity contribution in [3.05, 3.63) is 53.9 Å². The molecule has 35 heavy (non-hydrogen) atoms. The molecule has 1 saturated heterocycles. The van der Waals surface area contributed by atoms with Crippen LogP contribution in [0.25, 0.3) is 22.3 Å². The molecule has 2 aromatic carbocycles. The number of ether oxygens (including phenoxy) is 1. The molecule has 8 nitrogen and oxygen atoms in total. The Morgan fingerprint density at radius 3 is 2.46 bits per heavy atom. The highest BCUT2D eigenvalue weighted by molar-refractivity contribution is 14.1. The van der Waals surface area contributed by atoms with Crippen molar-refractivity contribution in [3.63, 3.8) is 0 Å². The van der Waals surface area contributed by atoms with Crippen LogP contribution in [0.15, 0.2) is 42.5 Å². The number of morpholine rings is 1. The maximum Gasteiger partial charge on any atom is 0.417 e. The summed E-state index contributed by atoms with van der Waals surface area (Å²) in [6.07, 6.45) is -4.54. The number of hydrogen-bond donors (Lipinski definition) is 2. The predicted octanol–water partition coefficient (Wildman–Crippen LogP) is 5.37. The third kappa shape index (κ3) is 5.64. The zero-order chi connectivity index (χ0) is 25.0. The summed E-state index contributed by atoms with van der Waals surface area (Å²) in [5.74, 6) is 1.14. The first kappa shape index (κ1) is 25.1. The number of halogens is 4. The van der Waals surface area contributed by atoms with Gasteiger partial charge in [-0.15, -0.1) is 5.10 Å². The molecule has 5 rings (SSSR count). The fourth-order valence-corrected chi connectivity index (χ4v) is 3.78. The zero-order valence-electron chi connectivity index (χ0n) is 19.0. The van der Waals surface area contributed by atoms with Gasteiger partial charge in [0.1, 0.15) is 11.6 Å². The molecule has 1 aliphatic heterocycles. The van der Waals surface area contributed by atoms with Crippen molar-refractivity contribution in [2.24, 2.45) is 0 Å². The molecule has 0 amide bonds. The Balaban J connectivity index is 0.00000141. The van der Waals surface area contributed by atoms with Gasteiger partial charge in [0, 0.05) is 29.7 Å². The van der Waals surface area contributed by atoms with Crippen LogP contribution < -0.4 is 10.2 Å². The standard InChI is InChI=1S/C22H20F3N7O.CH3I/c1-13-26-21(31-30-13)29-20-16-12-14(32-8-10-33-11-9-32)6-7-18(16)27-19(28-20)15-4-2-3-5-17(15)22(23,24)25;1-2/h2-7,12H,8-11H2,1H3,(H2,26,27,28,29,30,31);1H3. The van der Waals surface area contributed by atoms with Gasteiger partial charge in [0.25, 0.3) is 0 Å². The number of aromatic amines is 1. The molecule has 12 heteroatoms. The van der Waals surface area contributed by atoms with E-state index < -0.39 is 11.7 Å². The first-order valence-electron chi connectivity index (χ1n) is 10.7. The molecule has 184 valence electrons. The van der Waals surface area contributed by atoms with Crippen LogP contribution in [0.1, 0.15) is 11.4 Å². The first-order chi connectivity index (χ1) is 16.9. The van der Waals surface area contributed by atoms with Crippen molar-refractivity contribution >= 4 is 50.9 Å². The number of H-pyrrole nitrogens is 1. The van der Waals surface area contributed by atoms with Gasteiger partial charge >= 0.3 is 6.18 Å². The minimum Gasteiger partial charge on any atom is -0.378 e. The zero-order valence-corrected chi connectivity index (χ0v) is 21.2. The molecule has 2 N–H and O–H groups in total. The Labute approximate surface area is 213 Å². The van der Waals surface area contributed by atoms with E-state index >= 15 is 0 Å². The lowest BCUT2D eigenvalue weighted by molar-refractivity contribution is -0.137. The van der Waals surface area contributed by atoms with E-state index in [1.807, 2.05) is 17.1 Å². The highest BCUT2D eigenvalue weighted by Crippen LogP contribution is 2.37. The molecule has 1 fully saturated rings. The average molecular weight is 597 g/mol. The Morgan fingerprint density at radius 1 is 1.03 bits per heavy atom. The molecule has 0 spiro atoms. The summed E-state index contributed by atoms with van der Waals surface area (Å²) in [7, 11) is 0.